The Balaban J connectivity index is 0.994. The van der Waals surface area contributed by atoms with Gasteiger partial charge in [-0.1, -0.05) is 36.4 Å². The van der Waals surface area contributed by atoms with Gasteiger partial charge in [0.05, 0.1) is 0 Å². The fraction of sp³-hybridized carbons (Fsp3) is 0.424. The lowest BCUT2D eigenvalue weighted by Gasteiger charge is -2.32. The SMILES string of the molecule is CN1CCCC1CCCC(=O)c1cccc(OC2CCN(Cc3ccc4oc5ccccc5c4c3)CC2)c1. The summed E-state index contributed by atoms with van der Waals surface area (Å²) in [6, 6.07) is 23.3. The van der Waals surface area contributed by atoms with Crippen LogP contribution in [0.15, 0.2) is 71.1 Å². The van der Waals surface area contributed by atoms with Crippen LogP contribution in [0.1, 0.15) is 60.9 Å². The Kier molecular flexibility index (Phi) is 7.48. The van der Waals surface area contributed by atoms with E-state index in [4.69, 9.17) is 9.15 Å². The number of hydrogen-bond donors (Lipinski definition) is 0. The van der Waals surface area contributed by atoms with Crippen molar-refractivity contribution in [3.05, 3.63) is 77.9 Å². The molecule has 0 N–H and O–H groups in total. The van der Waals surface area contributed by atoms with Crippen molar-refractivity contribution in [2.75, 3.05) is 26.7 Å². The molecule has 5 nitrogen and oxygen atoms in total. The van der Waals surface area contributed by atoms with Gasteiger partial charge in [0.25, 0.3) is 0 Å². The minimum atomic E-state index is 0.190. The number of furan rings is 1. The first kappa shape index (κ1) is 25.1. The van der Waals surface area contributed by atoms with Crippen molar-refractivity contribution in [2.45, 2.75) is 63.6 Å². The highest BCUT2D eigenvalue weighted by Gasteiger charge is 2.22. The predicted octanol–water partition coefficient (Wildman–Crippen LogP) is 7.08. The van der Waals surface area contributed by atoms with Gasteiger partial charge in [0.2, 0.25) is 0 Å². The Labute approximate surface area is 225 Å². The van der Waals surface area contributed by atoms with E-state index in [0.29, 0.717) is 12.5 Å². The van der Waals surface area contributed by atoms with E-state index in [-0.39, 0.29) is 11.9 Å². The van der Waals surface area contributed by atoms with Crippen LogP contribution < -0.4 is 4.74 Å². The maximum absolute atomic E-state index is 12.8. The number of carbonyl (C=O) groups excluding carboxylic acids is 1. The van der Waals surface area contributed by atoms with Gasteiger partial charge in [-0.2, -0.15) is 0 Å². The van der Waals surface area contributed by atoms with Crippen molar-refractivity contribution < 1.29 is 13.9 Å². The van der Waals surface area contributed by atoms with E-state index in [1.165, 1.54) is 35.7 Å². The van der Waals surface area contributed by atoms with Crippen LogP contribution >= 0.6 is 0 Å². The molecule has 2 fully saturated rings. The number of ether oxygens (including phenoxy) is 1. The smallest absolute Gasteiger partial charge is 0.163 e. The van der Waals surface area contributed by atoms with Crippen LogP contribution in [0.5, 0.6) is 5.75 Å². The van der Waals surface area contributed by atoms with Crippen LogP contribution in [0.3, 0.4) is 0 Å². The first-order chi connectivity index (χ1) is 18.6. The molecule has 3 heterocycles. The van der Waals surface area contributed by atoms with Gasteiger partial charge in [0.1, 0.15) is 23.0 Å². The normalized spacial score (nSPS) is 19.4. The van der Waals surface area contributed by atoms with Crippen LogP contribution in [-0.2, 0) is 6.54 Å². The van der Waals surface area contributed by atoms with Crippen molar-refractivity contribution in [3.63, 3.8) is 0 Å². The molecule has 3 aromatic carbocycles. The Morgan fingerprint density at radius 3 is 2.61 bits per heavy atom. The second kappa shape index (κ2) is 11.3. The molecule has 1 aromatic heterocycles. The van der Waals surface area contributed by atoms with E-state index in [2.05, 4.69) is 47.2 Å². The van der Waals surface area contributed by atoms with Crippen molar-refractivity contribution in [2.24, 2.45) is 0 Å². The van der Waals surface area contributed by atoms with Crippen LogP contribution in [0.25, 0.3) is 21.9 Å². The number of Topliss-reactive ketones (excluding diaryl/α,β-unsaturated/α-hetero) is 1. The fourth-order valence-corrected chi connectivity index (χ4v) is 6.24. The second-order valence-electron chi connectivity index (χ2n) is 11.1. The molecule has 5 heteroatoms. The van der Waals surface area contributed by atoms with Crippen LogP contribution in [0.4, 0.5) is 0 Å². The summed E-state index contributed by atoms with van der Waals surface area (Å²) in [6.45, 7) is 4.13. The van der Waals surface area contributed by atoms with Gasteiger partial charge in [-0.15, -0.1) is 0 Å². The highest BCUT2D eigenvalue weighted by Crippen LogP contribution is 2.30. The highest BCUT2D eigenvalue weighted by molar-refractivity contribution is 6.05. The Hall–Kier alpha value is -3.15. The number of nitrogens with zero attached hydrogens (tertiary/aromatic N) is 2. The molecule has 0 aliphatic carbocycles. The summed E-state index contributed by atoms with van der Waals surface area (Å²) in [5.41, 5.74) is 3.99. The number of benzene rings is 3. The van der Waals surface area contributed by atoms with Gasteiger partial charge < -0.3 is 14.1 Å². The maximum atomic E-state index is 12.8. The third-order valence-corrected chi connectivity index (χ3v) is 8.45. The summed E-state index contributed by atoms with van der Waals surface area (Å²) in [7, 11) is 2.20. The maximum Gasteiger partial charge on any atom is 0.163 e. The summed E-state index contributed by atoms with van der Waals surface area (Å²) in [4.78, 5) is 17.8. The van der Waals surface area contributed by atoms with Gasteiger partial charge in [0.15, 0.2) is 5.78 Å². The molecule has 1 atom stereocenters. The third kappa shape index (κ3) is 5.64. The van der Waals surface area contributed by atoms with E-state index in [0.717, 1.165) is 67.8 Å². The molecular formula is C33H38N2O3. The minimum Gasteiger partial charge on any atom is -0.490 e. The average Bonchev–Trinajstić information content (AvgIpc) is 3.52. The number of rotatable bonds is 9. The zero-order valence-electron chi connectivity index (χ0n) is 22.4. The minimum absolute atomic E-state index is 0.190. The van der Waals surface area contributed by atoms with E-state index in [1.807, 2.05) is 36.4 Å². The van der Waals surface area contributed by atoms with Crippen molar-refractivity contribution in [3.8, 4) is 5.75 Å². The first-order valence-electron chi connectivity index (χ1n) is 14.2. The zero-order valence-corrected chi connectivity index (χ0v) is 22.4. The van der Waals surface area contributed by atoms with E-state index >= 15 is 0 Å². The monoisotopic (exact) mass is 510 g/mol. The van der Waals surface area contributed by atoms with Crippen molar-refractivity contribution >= 4 is 27.7 Å². The lowest BCUT2D eigenvalue weighted by molar-refractivity contribution is 0.0949. The number of hydrogen-bond acceptors (Lipinski definition) is 5. The molecular weight excluding hydrogens is 472 g/mol. The van der Waals surface area contributed by atoms with Crippen LogP contribution in [0.2, 0.25) is 0 Å². The molecule has 38 heavy (non-hydrogen) atoms. The van der Waals surface area contributed by atoms with Crippen LogP contribution in [-0.4, -0.2) is 54.4 Å². The summed E-state index contributed by atoms with van der Waals surface area (Å²) >= 11 is 0. The Morgan fingerprint density at radius 2 is 1.76 bits per heavy atom. The lowest BCUT2D eigenvalue weighted by atomic mass is 10.0. The van der Waals surface area contributed by atoms with Gasteiger partial charge in [-0.05, 0) is 88.0 Å². The average molecular weight is 511 g/mol. The number of piperidine rings is 1. The number of likely N-dealkylation sites (tertiary alicyclic amines) is 2. The van der Waals surface area contributed by atoms with Crippen LogP contribution in [0, 0.1) is 0 Å². The number of fused-ring (bicyclic) bond motifs is 3. The molecule has 0 spiro atoms. The van der Waals surface area contributed by atoms with Crippen molar-refractivity contribution in [1.82, 2.24) is 9.80 Å². The second-order valence-corrected chi connectivity index (χ2v) is 11.1. The highest BCUT2D eigenvalue weighted by atomic mass is 16.5. The first-order valence-corrected chi connectivity index (χ1v) is 14.2. The quantitative estimate of drug-likeness (QED) is 0.225. The topological polar surface area (TPSA) is 45.9 Å². The van der Waals surface area contributed by atoms with E-state index < -0.39 is 0 Å². The van der Waals surface area contributed by atoms with Gasteiger partial charge >= 0.3 is 0 Å². The molecule has 4 aromatic rings. The van der Waals surface area contributed by atoms with E-state index in [1.54, 1.807) is 0 Å². The van der Waals surface area contributed by atoms with E-state index in [9.17, 15) is 4.79 Å². The molecule has 198 valence electrons. The summed E-state index contributed by atoms with van der Waals surface area (Å²) < 4.78 is 12.3. The van der Waals surface area contributed by atoms with Gasteiger partial charge in [-0.25, -0.2) is 0 Å². The molecule has 0 bridgehead atoms. The number of carbonyl (C=O) groups is 1. The van der Waals surface area contributed by atoms with Gasteiger partial charge in [0, 0.05) is 48.4 Å². The Morgan fingerprint density at radius 1 is 0.921 bits per heavy atom. The zero-order chi connectivity index (χ0) is 25.9. The standard InChI is InChI=1S/C33H38N2O3/c1-34-18-6-9-26(34)8-5-12-31(36)25-7-4-10-28(22-25)37-27-16-19-35(20-17-27)23-24-14-15-33-30(21-24)29-11-2-3-13-32(29)38-33/h2-4,7,10-11,13-15,21-22,26-27H,5-6,8-9,12,16-20,23H2,1H3. The number of para-hydroxylation sites is 1. The summed E-state index contributed by atoms with van der Waals surface area (Å²) in [6.07, 6.45) is 7.41. The third-order valence-electron chi connectivity index (χ3n) is 8.45. The molecule has 0 saturated carbocycles. The van der Waals surface area contributed by atoms with Gasteiger partial charge in [-0.3, -0.25) is 9.69 Å². The lowest BCUT2D eigenvalue weighted by Crippen LogP contribution is -2.37. The fourth-order valence-electron chi connectivity index (χ4n) is 6.24. The molecule has 2 aliphatic rings. The van der Waals surface area contributed by atoms with Crippen molar-refractivity contribution in [1.29, 1.82) is 0 Å². The molecule has 6 rings (SSSR count). The largest absolute Gasteiger partial charge is 0.490 e. The summed E-state index contributed by atoms with van der Waals surface area (Å²) in [5.74, 6) is 1.05. The number of ketones is 1. The Bertz CT molecular complexity index is 1400. The summed E-state index contributed by atoms with van der Waals surface area (Å²) in [5, 5.41) is 2.37. The molecule has 2 aliphatic heterocycles. The molecule has 2 saturated heterocycles. The molecule has 0 radical (unpaired) electrons. The molecule has 1 unspecified atom stereocenters. The predicted molar refractivity (Wildman–Crippen MR) is 153 cm³/mol. The molecule has 0 amide bonds.